The van der Waals surface area contributed by atoms with Gasteiger partial charge in [0.1, 0.15) is 4.88 Å². The standard InChI is InChI=1S/C16H14N4OS2/c21-15(14-8-17-20-23-14)19-16-18-13(9-22-16)12-6-5-10-3-1-2-4-11(10)7-12/h5-9H,1-4H2,(H,18,19,21). The quantitative estimate of drug-likeness (QED) is 0.786. The predicted molar refractivity (Wildman–Crippen MR) is 92.1 cm³/mol. The Morgan fingerprint density at radius 3 is 2.87 bits per heavy atom. The highest BCUT2D eigenvalue weighted by atomic mass is 32.1. The summed E-state index contributed by atoms with van der Waals surface area (Å²) in [7, 11) is 0. The number of fused-ring (bicyclic) bond motifs is 1. The first kappa shape index (κ1) is 14.5. The number of aromatic nitrogens is 3. The zero-order valence-electron chi connectivity index (χ0n) is 12.3. The maximum Gasteiger partial charge on any atom is 0.270 e. The first-order valence-electron chi connectivity index (χ1n) is 7.46. The molecule has 1 amide bonds. The highest BCUT2D eigenvalue weighted by Crippen LogP contribution is 2.29. The number of carbonyl (C=O) groups is 1. The van der Waals surface area contributed by atoms with Crippen LogP contribution in [0.5, 0.6) is 0 Å². The lowest BCUT2D eigenvalue weighted by Crippen LogP contribution is -2.09. The van der Waals surface area contributed by atoms with Crippen molar-refractivity contribution in [2.75, 3.05) is 5.32 Å². The fourth-order valence-electron chi connectivity index (χ4n) is 2.78. The number of thiazole rings is 1. The first-order chi connectivity index (χ1) is 11.3. The van der Waals surface area contributed by atoms with Gasteiger partial charge in [0.25, 0.3) is 5.91 Å². The average Bonchev–Trinajstić information content (AvgIpc) is 3.26. The molecule has 4 rings (SSSR count). The average molecular weight is 342 g/mol. The van der Waals surface area contributed by atoms with Crippen LogP contribution in [0.3, 0.4) is 0 Å². The van der Waals surface area contributed by atoms with E-state index < -0.39 is 0 Å². The zero-order chi connectivity index (χ0) is 15.6. The molecule has 0 bridgehead atoms. The van der Waals surface area contributed by atoms with E-state index in [2.05, 4.69) is 38.1 Å². The first-order valence-corrected chi connectivity index (χ1v) is 9.11. The molecule has 2 heterocycles. The Morgan fingerprint density at radius 1 is 1.17 bits per heavy atom. The lowest BCUT2D eigenvalue weighted by molar-refractivity contribution is 0.103. The normalized spacial score (nSPS) is 13.6. The molecule has 0 spiro atoms. The molecule has 1 aromatic carbocycles. The molecule has 0 saturated carbocycles. The van der Waals surface area contributed by atoms with Gasteiger partial charge in [0.2, 0.25) is 0 Å². The van der Waals surface area contributed by atoms with Gasteiger partial charge in [-0.05, 0) is 54.4 Å². The molecule has 0 aliphatic heterocycles. The summed E-state index contributed by atoms with van der Waals surface area (Å²) in [5.74, 6) is -0.216. The van der Waals surface area contributed by atoms with Crippen LogP contribution in [-0.2, 0) is 12.8 Å². The van der Waals surface area contributed by atoms with E-state index in [4.69, 9.17) is 0 Å². The van der Waals surface area contributed by atoms with Crippen molar-refractivity contribution in [3.63, 3.8) is 0 Å². The highest BCUT2D eigenvalue weighted by Gasteiger charge is 2.14. The SMILES string of the molecule is O=C(Nc1nc(-c2ccc3c(c2)CCCC3)cs1)c1cnns1. The van der Waals surface area contributed by atoms with Gasteiger partial charge in [-0.15, -0.1) is 16.4 Å². The maximum absolute atomic E-state index is 12.0. The molecular weight excluding hydrogens is 328 g/mol. The summed E-state index contributed by atoms with van der Waals surface area (Å²) in [6.07, 6.45) is 6.33. The van der Waals surface area contributed by atoms with Crippen LogP contribution in [0.2, 0.25) is 0 Å². The van der Waals surface area contributed by atoms with Gasteiger partial charge in [0, 0.05) is 10.9 Å². The molecule has 116 valence electrons. The van der Waals surface area contributed by atoms with Gasteiger partial charge in [-0.3, -0.25) is 10.1 Å². The van der Waals surface area contributed by atoms with Crippen molar-refractivity contribution in [2.24, 2.45) is 0 Å². The number of anilines is 1. The number of hydrogen-bond donors (Lipinski definition) is 1. The molecule has 7 heteroatoms. The van der Waals surface area contributed by atoms with Crippen LogP contribution in [-0.4, -0.2) is 20.5 Å². The summed E-state index contributed by atoms with van der Waals surface area (Å²) < 4.78 is 3.69. The number of nitrogens with zero attached hydrogens (tertiary/aromatic N) is 3. The number of carbonyl (C=O) groups excluding carboxylic acids is 1. The molecule has 23 heavy (non-hydrogen) atoms. The second-order valence-corrected chi connectivity index (χ2v) is 7.11. The summed E-state index contributed by atoms with van der Waals surface area (Å²) in [5.41, 5.74) is 4.91. The minimum atomic E-state index is -0.216. The van der Waals surface area contributed by atoms with Gasteiger partial charge in [-0.1, -0.05) is 16.6 Å². The molecule has 1 N–H and O–H groups in total. The fraction of sp³-hybridized carbons (Fsp3) is 0.250. The third-order valence-electron chi connectivity index (χ3n) is 3.95. The molecule has 1 aliphatic rings. The van der Waals surface area contributed by atoms with Crippen LogP contribution in [0.15, 0.2) is 29.8 Å². The van der Waals surface area contributed by atoms with E-state index >= 15 is 0 Å². The van der Waals surface area contributed by atoms with Crippen LogP contribution >= 0.6 is 22.9 Å². The lowest BCUT2D eigenvalue weighted by atomic mass is 9.90. The molecule has 0 fully saturated rings. The van der Waals surface area contributed by atoms with Crippen LogP contribution in [0, 0.1) is 0 Å². The molecule has 5 nitrogen and oxygen atoms in total. The monoisotopic (exact) mass is 342 g/mol. The number of aryl methyl sites for hydroxylation is 2. The van der Waals surface area contributed by atoms with Gasteiger partial charge in [-0.2, -0.15) is 0 Å². The van der Waals surface area contributed by atoms with Crippen molar-refractivity contribution >= 4 is 33.9 Å². The number of benzene rings is 1. The van der Waals surface area contributed by atoms with E-state index in [9.17, 15) is 4.79 Å². The van der Waals surface area contributed by atoms with Gasteiger partial charge in [-0.25, -0.2) is 4.98 Å². The van der Waals surface area contributed by atoms with E-state index in [-0.39, 0.29) is 5.91 Å². The molecule has 1 aliphatic carbocycles. The maximum atomic E-state index is 12.0. The molecule has 2 aromatic heterocycles. The van der Waals surface area contributed by atoms with Gasteiger partial charge in [0.05, 0.1) is 11.9 Å². The Morgan fingerprint density at radius 2 is 2.04 bits per heavy atom. The third-order valence-corrected chi connectivity index (χ3v) is 5.38. The highest BCUT2D eigenvalue weighted by molar-refractivity contribution is 7.14. The smallest absolute Gasteiger partial charge is 0.270 e. The number of rotatable bonds is 3. The molecular formula is C16H14N4OS2. The summed E-state index contributed by atoms with van der Waals surface area (Å²) in [4.78, 5) is 17.0. The third kappa shape index (κ3) is 3.02. The van der Waals surface area contributed by atoms with Crippen molar-refractivity contribution in [1.29, 1.82) is 0 Å². The van der Waals surface area contributed by atoms with Gasteiger partial charge >= 0.3 is 0 Å². The molecule has 0 atom stereocenters. The Bertz CT molecular complexity index is 842. The van der Waals surface area contributed by atoms with Crippen LogP contribution in [0.4, 0.5) is 5.13 Å². The van der Waals surface area contributed by atoms with Gasteiger partial charge < -0.3 is 0 Å². The van der Waals surface area contributed by atoms with Gasteiger partial charge in [0.15, 0.2) is 5.13 Å². The lowest BCUT2D eigenvalue weighted by Gasteiger charge is -2.16. The van der Waals surface area contributed by atoms with E-state index in [0.717, 1.165) is 29.2 Å². The number of amides is 1. The Kier molecular flexibility index (Phi) is 3.88. The Balaban J connectivity index is 1.55. The molecule has 0 radical (unpaired) electrons. The van der Waals surface area contributed by atoms with Crippen LogP contribution < -0.4 is 5.32 Å². The largest absolute Gasteiger partial charge is 0.297 e. The van der Waals surface area contributed by atoms with E-state index in [0.29, 0.717) is 10.0 Å². The van der Waals surface area contributed by atoms with Crippen LogP contribution in [0.1, 0.15) is 33.6 Å². The summed E-state index contributed by atoms with van der Waals surface area (Å²) in [6.45, 7) is 0. The summed E-state index contributed by atoms with van der Waals surface area (Å²) >= 11 is 2.50. The molecule has 0 unspecified atom stereocenters. The second kappa shape index (κ2) is 6.17. The van der Waals surface area contributed by atoms with Crippen LogP contribution in [0.25, 0.3) is 11.3 Å². The van der Waals surface area contributed by atoms with E-state index in [1.807, 2.05) is 5.38 Å². The summed E-state index contributed by atoms with van der Waals surface area (Å²) in [5, 5.41) is 9.04. The number of hydrogen-bond acceptors (Lipinski definition) is 6. The topological polar surface area (TPSA) is 67.8 Å². The Labute approximate surface area is 141 Å². The second-order valence-electron chi connectivity index (χ2n) is 5.46. The number of nitrogens with one attached hydrogen (secondary N) is 1. The van der Waals surface area contributed by atoms with E-state index in [1.54, 1.807) is 0 Å². The Hall–Kier alpha value is -2.12. The van der Waals surface area contributed by atoms with Crippen molar-refractivity contribution < 1.29 is 4.79 Å². The van der Waals surface area contributed by atoms with Crippen molar-refractivity contribution in [2.45, 2.75) is 25.7 Å². The van der Waals surface area contributed by atoms with E-state index in [1.165, 1.54) is 47.9 Å². The van der Waals surface area contributed by atoms with Crippen molar-refractivity contribution in [3.05, 3.63) is 45.8 Å². The zero-order valence-corrected chi connectivity index (χ0v) is 13.9. The predicted octanol–water partition coefficient (Wildman–Crippen LogP) is 3.79. The minimum absolute atomic E-state index is 0.216. The minimum Gasteiger partial charge on any atom is -0.297 e. The summed E-state index contributed by atoms with van der Waals surface area (Å²) in [6, 6.07) is 6.57. The van der Waals surface area contributed by atoms with Crippen molar-refractivity contribution in [1.82, 2.24) is 14.6 Å². The molecule has 0 saturated heterocycles. The van der Waals surface area contributed by atoms with Crippen molar-refractivity contribution in [3.8, 4) is 11.3 Å². The fourth-order valence-corrected chi connectivity index (χ4v) is 3.91. The molecule has 3 aromatic rings.